The van der Waals surface area contributed by atoms with Crippen molar-refractivity contribution in [2.75, 3.05) is 6.54 Å². The first-order chi connectivity index (χ1) is 9.54. The van der Waals surface area contributed by atoms with Crippen LogP contribution in [0.1, 0.15) is 43.1 Å². The third-order valence-corrected chi connectivity index (χ3v) is 3.75. The minimum Gasteiger partial charge on any atom is -0.476 e. The zero-order valence-corrected chi connectivity index (χ0v) is 11.4. The largest absolute Gasteiger partial charge is 0.476 e. The van der Waals surface area contributed by atoms with Crippen molar-refractivity contribution in [2.24, 2.45) is 0 Å². The average Bonchev–Trinajstić information content (AvgIpc) is 2.83. The predicted octanol–water partition coefficient (Wildman–Crippen LogP) is 0.608. The van der Waals surface area contributed by atoms with Gasteiger partial charge in [0.1, 0.15) is 0 Å². The van der Waals surface area contributed by atoms with Crippen molar-refractivity contribution in [1.29, 1.82) is 0 Å². The van der Waals surface area contributed by atoms with Crippen LogP contribution in [-0.4, -0.2) is 44.2 Å². The summed E-state index contributed by atoms with van der Waals surface area (Å²) in [6.45, 7) is 2.82. The monoisotopic (exact) mass is 281 g/mol. The third kappa shape index (κ3) is 3.25. The number of urea groups is 1. The zero-order valence-electron chi connectivity index (χ0n) is 11.4. The molecule has 2 amide bonds. The molecule has 20 heavy (non-hydrogen) atoms. The lowest BCUT2D eigenvalue weighted by Gasteiger charge is -2.41. The molecule has 0 radical (unpaired) electrons. The Morgan fingerprint density at radius 1 is 1.50 bits per heavy atom. The highest BCUT2D eigenvalue weighted by atomic mass is 16.4. The van der Waals surface area contributed by atoms with Crippen LogP contribution in [0.25, 0.3) is 0 Å². The number of carbonyl (C=O) groups is 2. The van der Waals surface area contributed by atoms with Gasteiger partial charge >= 0.3 is 12.0 Å². The second kappa shape index (κ2) is 5.89. The van der Waals surface area contributed by atoms with Crippen molar-refractivity contribution in [1.82, 2.24) is 25.6 Å². The summed E-state index contributed by atoms with van der Waals surface area (Å²) < 4.78 is 1.39. The molecule has 8 nitrogen and oxygen atoms in total. The predicted molar refractivity (Wildman–Crippen MR) is 70.4 cm³/mol. The van der Waals surface area contributed by atoms with E-state index in [0.29, 0.717) is 13.1 Å². The molecule has 1 fully saturated rings. The molecule has 2 rings (SSSR count). The summed E-state index contributed by atoms with van der Waals surface area (Å²) in [5, 5.41) is 21.6. The molecule has 0 saturated heterocycles. The molecule has 1 aromatic heterocycles. The molecule has 1 saturated carbocycles. The highest BCUT2D eigenvalue weighted by Gasteiger charge is 2.36. The average molecular weight is 281 g/mol. The van der Waals surface area contributed by atoms with Crippen molar-refractivity contribution in [2.45, 2.75) is 44.7 Å². The minimum atomic E-state index is -1.11. The molecule has 1 aliphatic carbocycles. The van der Waals surface area contributed by atoms with Crippen LogP contribution in [0, 0.1) is 0 Å². The van der Waals surface area contributed by atoms with E-state index in [1.165, 1.54) is 10.9 Å². The van der Waals surface area contributed by atoms with Gasteiger partial charge in [0.25, 0.3) is 0 Å². The van der Waals surface area contributed by atoms with Gasteiger partial charge in [-0.1, -0.05) is 12.1 Å². The molecule has 0 atom stereocenters. The molecule has 0 aromatic carbocycles. The Kier molecular flexibility index (Phi) is 4.21. The molecule has 1 aliphatic rings. The normalized spacial score (nSPS) is 16.2. The van der Waals surface area contributed by atoms with Crippen molar-refractivity contribution in [3.63, 3.8) is 0 Å². The highest BCUT2D eigenvalue weighted by Crippen LogP contribution is 2.34. The summed E-state index contributed by atoms with van der Waals surface area (Å²) >= 11 is 0. The van der Waals surface area contributed by atoms with Gasteiger partial charge in [-0.15, -0.1) is 5.10 Å². The number of aromatic carboxylic acids is 1. The van der Waals surface area contributed by atoms with E-state index in [2.05, 4.69) is 27.9 Å². The molecular formula is C12H19N5O3. The van der Waals surface area contributed by atoms with E-state index in [1.807, 2.05) is 0 Å². The molecule has 1 aromatic rings. The van der Waals surface area contributed by atoms with Crippen molar-refractivity contribution >= 4 is 12.0 Å². The lowest BCUT2D eigenvalue weighted by atomic mass is 9.75. The van der Waals surface area contributed by atoms with Crippen molar-refractivity contribution in [3.05, 3.63) is 11.9 Å². The summed E-state index contributed by atoms with van der Waals surface area (Å²) in [5.41, 5.74) is -0.137. The molecule has 110 valence electrons. The van der Waals surface area contributed by atoms with E-state index in [9.17, 15) is 9.59 Å². The first-order valence-electron chi connectivity index (χ1n) is 6.74. The zero-order chi connectivity index (χ0) is 14.6. The van der Waals surface area contributed by atoms with E-state index in [4.69, 9.17) is 5.11 Å². The maximum atomic E-state index is 11.8. The van der Waals surface area contributed by atoms with Crippen LogP contribution < -0.4 is 10.6 Å². The van der Waals surface area contributed by atoms with E-state index >= 15 is 0 Å². The van der Waals surface area contributed by atoms with Gasteiger partial charge < -0.3 is 15.7 Å². The number of nitrogens with one attached hydrogen (secondary N) is 2. The Morgan fingerprint density at radius 2 is 2.25 bits per heavy atom. The molecule has 8 heteroatoms. The second-order valence-electron chi connectivity index (χ2n) is 5.04. The standard InChI is InChI=1S/C12H19N5O3/c1-2-12(4-3-5-12)14-11(20)13-6-7-17-8-9(10(18)19)15-16-17/h8H,2-7H2,1H3,(H,18,19)(H2,13,14,20). The summed E-state index contributed by atoms with van der Waals surface area (Å²) in [6.07, 6.45) is 5.49. The van der Waals surface area contributed by atoms with Crippen LogP contribution in [0.3, 0.4) is 0 Å². The lowest BCUT2D eigenvalue weighted by Crippen LogP contribution is -2.56. The topological polar surface area (TPSA) is 109 Å². The number of carboxylic acids is 1. The van der Waals surface area contributed by atoms with Crippen LogP contribution in [0.2, 0.25) is 0 Å². The number of carbonyl (C=O) groups excluding carboxylic acids is 1. The number of amides is 2. The summed E-state index contributed by atoms with van der Waals surface area (Å²) in [4.78, 5) is 22.4. The van der Waals surface area contributed by atoms with Gasteiger partial charge in [0.2, 0.25) is 0 Å². The summed E-state index contributed by atoms with van der Waals surface area (Å²) in [6, 6.07) is -0.190. The van der Waals surface area contributed by atoms with Crippen LogP contribution in [0.4, 0.5) is 4.79 Å². The van der Waals surface area contributed by atoms with Gasteiger partial charge in [-0.25, -0.2) is 14.3 Å². The van der Waals surface area contributed by atoms with Crippen molar-refractivity contribution < 1.29 is 14.7 Å². The quantitative estimate of drug-likeness (QED) is 0.707. The van der Waals surface area contributed by atoms with E-state index in [1.54, 1.807) is 0 Å². The SMILES string of the molecule is CCC1(NC(=O)NCCn2cc(C(=O)O)nn2)CCC1. The van der Waals surface area contributed by atoms with Gasteiger partial charge in [0, 0.05) is 12.1 Å². The first-order valence-corrected chi connectivity index (χ1v) is 6.74. The number of carboxylic acid groups (broad SMARTS) is 1. The third-order valence-electron chi connectivity index (χ3n) is 3.75. The van der Waals surface area contributed by atoms with Crippen LogP contribution in [-0.2, 0) is 6.54 Å². The Labute approximate surface area is 116 Å². The number of nitrogens with zero attached hydrogens (tertiary/aromatic N) is 3. The molecule has 0 spiro atoms. The van der Waals surface area contributed by atoms with Gasteiger partial charge in [-0.3, -0.25) is 0 Å². The van der Waals surface area contributed by atoms with E-state index in [0.717, 1.165) is 25.7 Å². The van der Waals surface area contributed by atoms with Crippen LogP contribution in [0.5, 0.6) is 0 Å². The Hall–Kier alpha value is -2.12. The summed E-state index contributed by atoms with van der Waals surface area (Å²) in [5.74, 6) is -1.11. The Morgan fingerprint density at radius 3 is 2.75 bits per heavy atom. The van der Waals surface area contributed by atoms with Crippen LogP contribution in [0.15, 0.2) is 6.20 Å². The molecular weight excluding hydrogens is 262 g/mol. The van der Waals surface area contributed by atoms with Gasteiger partial charge in [-0.05, 0) is 25.7 Å². The maximum Gasteiger partial charge on any atom is 0.358 e. The molecule has 0 bridgehead atoms. The highest BCUT2D eigenvalue weighted by molar-refractivity contribution is 5.84. The molecule has 0 aliphatic heterocycles. The first kappa shape index (κ1) is 14.3. The van der Waals surface area contributed by atoms with Crippen LogP contribution >= 0.6 is 0 Å². The fraction of sp³-hybridized carbons (Fsp3) is 0.667. The number of aromatic nitrogens is 3. The van der Waals surface area contributed by atoms with E-state index < -0.39 is 5.97 Å². The number of hydrogen-bond donors (Lipinski definition) is 3. The maximum absolute atomic E-state index is 11.8. The smallest absolute Gasteiger partial charge is 0.358 e. The van der Waals surface area contributed by atoms with Gasteiger partial charge in [0.15, 0.2) is 5.69 Å². The Bertz CT molecular complexity index is 490. The fourth-order valence-corrected chi connectivity index (χ4v) is 2.25. The van der Waals surface area contributed by atoms with Gasteiger partial charge in [-0.2, -0.15) is 0 Å². The molecule has 3 N–H and O–H groups in total. The summed E-state index contributed by atoms with van der Waals surface area (Å²) in [7, 11) is 0. The lowest BCUT2D eigenvalue weighted by molar-refractivity contribution is 0.0690. The second-order valence-corrected chi connectivity index (χ2v) is 5.04. The minimum absolute atomic E-state index is 0.0339. The fourth-order valence-electron chi connectivity index (χ4n) is 2.25. The van der Waals surface area contributed by atoms with Gasteiger partial charge in [0.05, 0.1) is 12.7 Å². The number of hydrogen-bond acceptors (Lipinski definition) is 4. The van der Waals surface area contributed by atoms with Crippen molar-refractivity contribution in [3.8, 4) is 0 Å². The van der Waals surface area contributed by atoms with E-state index in [-0.39, 0.29) is 17.3 Å². The molecule has 0 unspecified atom stereocenters. The number of rotatable bonds is 6. The molecule has 1 heterocycles. The Balaban J connectivity index is 1.72.